The van der Waals surface area contributed by atoms with Gasteiger partial charge in [-0.1, -0.05) is 23.2 Å². The van der Waals surface area contributed by atoms with Gasteiger partial charge in [-0.3, -0.25) is 4.79 Å². The topological polar surface area (TPSA) is 55.1 Å². The van der Waals surface area contributed by atoms with Crippen molar-refractivity contribution in [1.82, 2.24) is 0 Å². The van der Waals surface area contributed by atoms with Crippen molar-refractivity contribution in [3.63, 3.8) is 0 Å². The Balaban J connectivity index is 2.25. The molecule has 0 atom stereocenters. The highest BCUT2D eigenvalue weighted by Crippen LogP contribution is 2.22. The summed E-state index contributed by atoms with van der Waals surface area (Å²) in [6, 6.07) is 8.43. The van der Waals surface area contributed by atoms with Crippen LogP contribution in [0.5, 0.6) is 0 Å². The summed E-state index contributed by atoms with van der Waals surface area (Å²) in [5.41, 5.74) is 6.15. The number of nitrogen functional groups attached to an aromatic ring is 1. The molecule has 0 fully saturated rings. The first-order chi connectivity index (χ1) is 8.97. The number of nitrogens with two attached hydrogens (primary N) is 1. The molecule has 6 heteroatoms. The molecule has 0 saturated carbocycles. The first kappa shape index (κ1) is 13.6. The lowest BCUT2D eigenvalue weighted by Crippen LogP contribution is -2.14. The summed E-state index contributed by atoms with van der Waals surface area (Å²) >= 11 is 11.4. The van der Waals surface area contributed by atoms with Crippen molar-refractivity contribution < 1.29 is 9.18 Å². The van der Waals surface area contributed by atoms with E-state index in [2.05, 4.69) is 5.32 Å². The van der Waals surface area contributed by atoms with Gasteiger partial charge in [-0.05, 0) is 36.4 Å². The predicted molar refractivity (Wildman–Crippen MR) is 75.2 cm³/mol. The molecular formula is C13H9Cl2FN2O. The zero-order chi connectivity index (χ0) is 14.0. The molecule has 2 aromatic rings. The summed E-state index contributed by atoms with van der Waals surface area (Å²) in [6.45, 7) is 0. The summed E-state index contributed by atoms with van der Waals surface area (Å²) in [4.78, 5) is 11.9. The SMILES string of the molecule is Nc1cc(Cl)ccc1C(=O)Nc1ccc(Cl)cc1F. The van der Waals surface area contributed by atoms with Crippen molar-refractivity contribution in [3.05, 3.63) is 57.8 Å². The Kier molecular flexibility index (Phi) is 3.93. The van der Waals surface area contributed by atoms with Crippen molar-refractivity contribution >= 4 is 40.5 Å². The normalized spacial score (nSPS) is 10.3. The third-order valence-corrected chi connectivity index (χ3v) is 2.91. The maximum absolute atomic E-state index is 13.5. The number of carbonyl (C=O) groups excluding carboxylic acids is 1. The van der Waals surface area contributed by atoms with Crippen molar-refractivity contribution in [2.24, 2.45) is 0 Å². The van der Waals surface area contributed by atoms with Crippen LogP contribution in [0.2, 0.25) is 10.0 Å². The van der Waals surface area contributed by atoms with Crippen molar-refractivity contribution in [2.45, 2.75) is 0 Å². The van der Waals surface area contributed by atoms with Gasteiger partial charge in [-0.25, -0.2) is 4.39 Å². The van der Waals surface area contributed by atoms with Gasteiger partial charge in [0.05, 0.1) is 11.3 Å². The van der Waals surface area contributed by atoms with Gasteiger partial charge in [-0.15, -0.1) is 0 Å². The van der Waals surface area contributed by atoms with Crippen LogP contribution in [-0.4, -0.2) is 5.91 Å². The van der Waals surface area contributed by atoms with E-state index in [0.717, 1.165) is 6.07 Å². The molecule has 0 heterocycles. The molecule has 19 heavy (non-hydrogen) atoms. The van der Waals surface area contributed by atoms with Crippen LogP contribution in [0, 0.1) is 5.82 Å². The van der Waals surface area contributed by atoms with Crippen LogP contribution in [0.4, 0.5) is 15.8 Å². The van der Waals surface area contributed by atoms with Crippen LogP contribution in [0.25, 0.3) is 0 Å². The lowest BCUT2D eigenvalue weighted by Gasteiger charge is -2.08. The van der Waals surface area contributed by atoms with Gasteiger partial charge in [0.25, 0.3) is 5.91 Å². The molecule has 1 amide bonds. The summed E-state index contributed by atoms with van der Waals surface area (Å²) in [6.07, 6.45) is 0. The van der Waals surface area contributed by atoms with Crippen LogP contribution in [0.15, 0.2) is 36.4 Å². The number of halogens is 3. The summed E-state index contributed by atoms with van der Waals surface area (Å²) in [5, 5.41) is 3.09. The zero-order valence-corrected chi connectivity index (χ0v) is 11.1. The maximum atomic E-state index is 13.5. The van der Waals surface area contributed by atoms with E-state index in [4.69, 9.17) is 28.9 Å². The average molecular weight is 299 g/mol. The fourth-order valence-electron chi connectivity index (χ4n) is 1.52. The first-order valence-corrected chi connectivity index (χ1v) is 6.04. The molecule has 98 valence electrons. The molecule has 0 saturated heterocycles. The van der Waals surface area contributed by atoms with E-state index >= 15 is 0 Å². The van der Waals surface area contributed by atoms with Crippen molar-refractivity contribution in [3.8, 4) is 0 Å². The zero-order valence-electron chi connectivity index (χ0n) is 9.58. The summed E-state index contributed by atoms with van der Waals surface area (Å²) in [5.74, 6) is -1.14. The van der Waals surface area contributed by atoms with Crippen LogP contribution in [-0.2, 0) is 0 Å². The molecule has 3 nitrogen and oxygen atoms in total. The molecule has 0 bridgehead atoms. The average Bonchev–Trinajstić information content (AvgIpc) is 2.32. The van der Waals surface area contributed by atoms with E-state index in [9.17, 15) is 9.18 Å². The molecule has 0 aliphatic heterocycles. The number of nitrogens with one attached hydrogen (secondary N) is 1. The molecular weight excluding hydrogens is 290 g/mol. The van der Waals surface area contributed by atoms with Crippen LogP contribution in [0.1, 0.15) is 10.4 Å². The molecule has 0 spiro atoms. The number of hydrogen-bond acceptors (Lipinski definition) is 2. The number of benzene rings is 2. The lowest BCUT2D eigenvalue weighted by molar-refractivity contribution is 0.102. The highest BCUT2D eigenvalue weighted by atomic mass is 35.5. The van der Waals surface area contributed by atoms with Gasteiger partial charge in [0, 0.05) is 15.7 Å². The fourth-order valence-corrected chi connectivity index (χ4v) is 1.86. The van der Waals surface area contributed by atoms with Gasteiger partial charge >= 0.3 is 0 Å². The van der Waals surface area contributed by atoms with Gasteiger partial charge in [0.2, 0.25) is 0 Å². The first-order valence-electron chi connectivity index (χ1n) is 5.29. The highest BCUT2D eigenvalue weighted by Gasteiger charge is 2.12. The molecule has 0 aliphatic rings. The fraction of sp³-hybridized carbons (Fsp3) is 0. The van der Waals surface area contributed by atoms with Crippen LogP contribution >= 0.6 is 23.2 Å². The largest absolute Gasteiger partial charge is 0.398 e. The quantitative estimate of drug-likeness (QED) is 0.824. The van der Waals surface area contributed by atoms with Gasteiger partial charge in [-0.2, -0.15) is 0 Å². The van der Waals surface area contributed by atoms with E-state index in [1.807, 2.05) is 0 Å². The monoisotopic (exact) mass is 298 g/mol. The molecule has 0 aliphatic carbocycles. The van der Waals surface area contributed by atoms with Gasteiger partial charge in [0.15, 0.2) is 0 Å². The Morgan fingerprint density at radius 2 is 1.74 bits per heavy atom. The van der Waals surface area contributed by atoms with E-state index in [1.54, 1.807) is 0 Å². The predicted octanol–water partition coefficient (Wildman–Crippen LogP) is 3.97. The Morgan fingerprint density at radius 1 is 1.11 bits per heavy atom. The van der Waals surface area contributed by atoms with E-state index < -0.39 is 11.7 Å². The Bertz CT molecular complexity index is 647. The van der Waals surface area contributed by atoms with E-state index in [-0.39, 0.29) is 22.0 Å². The minimum absolute atomic E-state index is 0.0313. The van der Waals surface area contributed by atoms with Crippen LogP contribution in [0.3, 0.4) is 0 Å². The van der Waals surface area contributed by atoms with Crippen LogP contribution < -0.4 is 11.1 Å². The molecule has 0 unspecified atom stereocenters. The molecule has 0 radical (unpaired) electrons. The molecule has 2 rings (SSSR count). The number of hydrogen-bond donors (Lipinski definition) is 2. The number of amides is 1. The van der Waals surface area contributed by atoms with E-state index in [1.165, 1.54) is 30.3 Å². The third kappa shape index (κ3) is 3.16. The van der Waals surface area contributed by atoms with Gasteiger partial charge in [0.1, 0.15) is 5.82 Å². The third-order valence-electron chi connectivity index (χ3n) is 2.44. The number of anilines is 2. The summed E-state index contributed by atoms with van der Waals surface area (Å²) < 4.78 is 13.5. The summed E-state index contributed by atoms with van der Waals surface area (Å²) in [7, 11) is 0. The molecule has 2 aromatic carbocycles. The number of carbonyl (C=O) groups is 1. The smallest absolute Gasteiger partial charge is 0.257 e. The number of rotatable bonds is 2. The van der Waals surface area contributed by atoms with E-state index in [0.29, 0.717) is 5.02 Å². The second-order valence-electron chi connectivity index (χ2n) is 3.81. The van der Waals surface area contributed by atoms with Gasteiger partial charge < -0.3 is 11.1 Å². The standard InChI is InChI=1S/C13H9Cl2FN2O/c14-7-2-4-12(10(16)5-7)18-13(19)9-3-1-8(15)6-11(9)17/h1-6H,17H2,(H,18,19). The van der Waals surface area contributed by atoms with Crippen molar-refractivity contribution in [2.75, 3.05) is 11.1 Å². The second kappa shape index (κ2) is 5.47. The molecule has 0 aromatic heterocycles. The maximum Gasteiger partial charge on any atom is 0.257 e. The highest BCUT2D eigenvalue weighted by molar-refractivity contribution is 6.31. The minimum atomic E-state index is -0.617. The Labute approximate surface area is 119 Å². The Hall–Kier alpha value is -1.78. The molecule has 3 N–H and O–H groups in total. The second-order valence-corrected chi connectivity index (χ2v) is 4.68. The lowest BCUT2D eigenvalue weighted by atomic mass is 10.1. The van der Waals surface area contributed by atoms with Crippen molar-refractivity contribution in [1.29, 1.82) is 0 Å². The minimum Gasteiger partial charge on any atom is -0.398 e. The Morgan fingerprint density at radius 3 is 2.37 bits per heavy atom.